The number of imidazole rings is 1. The first-order chi connectivity index (χ1) is 9.65. The topological polar surface area (TPSA) is 66.0 Å². The molecule has 0 radical (unpaired) electrons. The fraction of sp³-hybridized carbons (Fsp3) is 0.200. The van der Waals surface area contributed by atoms with Gasteiger partial charge in [-0.2, -0.15) is 4.98 Å². The quantitative estimate of drug-likeness (QED) is 0.793. The second kappa shape index (κ2) is 4.85. The van der Waals surface area contributed by atoms with Gasteiger partial charge in [-0.05, 0) is 38.1 Å². The van der Waals surface area contributed by atoms with Crippen LogP contribution in [0.3, 0.4) is 0 Å². The van der Waals surface area contributed by atoms with E-state index in [-0.39, 0.29) is 6.10 Å². The van der Waals surface area contributed by atoms with Gasteiger partial charge >= 0.3 is 0 Å². The van der Waals surface area contributed by atoms with Gasteiger partial charge in [0.1, 0.15) is 12.1 Å². The number of nitrogens with zero attached hydrogens (tertiary/aromatic N) is 3. The van der Waals surface area contributed by atoms with Gasteiger partial charge < -0.3 is 10.5 Å². The molecule has 3 rings (SSSR count). The van der Waals surface area contributed by atoms with Gasteiger partial charge in [0, 0.05) is 0 Å². The van der Waals surface area contributed by atoms with Crippen LogP contribution in [0.4, 0.5) is 5.69 Å². The first-order valence-corrected chi connectivity index (χ1v) is 6.51. The van der Waals surface area contributed by atoms with Gasteiger partial charge in [-0.1, -0.05) is 12.1 Å². The van der Waals surface area contributed by atoms with Crippen LogP contribution in [0.2, 0.25) is 0 Å². The first-order valence-electron chi connectivity index (χ1n) is 6.51. The molecule has 0 aliphatic carbocycles. The molecule has 0 saturated carbocycles. The van der Waals surface area contributed by atoms with E-state index in [4.69, 9.17) is 10.5 Å². The van der Waals surface area contributed by atoms with E-state index >= 15 is 0 Å². The summed E-state index contributed by atoms with van der Waals surface area (Å²) in [5, 5.41) is 0. The van der Waals surface area contributed by atoms with Crippen molar-refractivity contribution in [3.8, 4) is 11.7 Å². The molecule has 102 valence electrons. The number of fused-ring (bicyclic) bond motifs is 1. The van der Waals surface area contributed by atoms with Crippen LogP contribution in [-0.4, -0.2) is 20.6 Å². The summed E-state index contributed by atoms with van der Waals surface area (Å²) in [5.74, 6) is 1.19. The minimum atomic E-state index is 0.0274. The standard InChI is InChI=1S/C15H16N4O/c1-10(2)20-15-11(16)7-8-14(18-15)19-9-17-12-5-3-4-6-13(12)19/h3-10H,16H2,1-2H3. The maximum Gasteiger partial charge on any atom is 0.239 e. The van der Waals surface area contributed by atoms with Crippen molar-refractivity contribution < 1.29 is 4.74 Å². The second-order valence-electron chi connectivity index (χ2n) is 4.83. The molecule has 0 aliphatic rings. The molecule has 0 bridgehead atoms. The van der Waals surface area contributed by atoms with Crippen LogP contribution in [0, 0.1) is 0 Å². The molecule has 0 unspecified atom stereocenters. The van der Waals surface area contributed by atoms with Gasteiger partial charge in [0.2, 0.25) is 5.88 Å². The monoisotopic (exact) mass is 268 g/mol. The highest BCUT2D eigenvalue weighted by Crippen LogP contribution is 2.23. The number of aromatic nitrogens is 3. The van der Waals surface area contributed by atoms with E-state index in [2.05, 4.69) is 9.97 Å². The van der Waals surface area contributed by atoms with Crippen LogP contribution in [0.15, 0.2) is 42.7 Å². The van der Waals surface area contributed by atoms with E-state index in [1.54, 1.807) is 12.4 Å². The molecule has 0 fully saturated rings. The smallest absolute Gasteiger partial charge is 0.239 e. The number of pyridine rings is 1. The van der Waals surface area contributed by atoms with Crippen LogP contribution in [0.1, 0.15) is 13.8 Å². The molecule has 0 atom stereocenters. The van der Waals surface area contributed by atoms with Crippen LogP contribution < -0.4 is 10.5 Å². The third-order valence-corrected chi connectivity index (χ3v) is 2.92. The fourth-order valence-electron chi connectivity index (χ4n) is 2.04. The Hall–Kier alpha value is -2.56. The highest BCUT2D eigenvalue weighted by atomic mass is 16.5. The number of anilines is 1. The van der Waals surface area contributed by atoms with Gasteiger partial charge in [-0.15, -0.1) is 0 Å². The zero-order valence-corrected chi connectivity index (χ0v) is 11.4. The molecular formula is C15H16N4O. The average Bonchev–Trinajstić information content (AvgIpc) is 2.85. The number of ether oxygens (including phenoxy) is 1. The average molecular weight is 268 g/mol. The lowest BCUT2D eigenvalue weighted by molar-refractivity contribution is 0.234. The van der Waals surface area contributed by atoms with E-state index in [1.165, 1.54) is 0 Å². The van der Waals surface area contributed by atoms with Gasteiger partial charge in [-0.25, -0.2) is 4.98 Å². The van der Waals surface area contributed by atoms with Crippen molar-refractivity contribution in [2.45, 2.75) is 20.0 Å². The number of rotatable bonds is 3. The van der Waals surface area contributed by atoms with E-state index in [9.17, 15) is 0 Å². The third kappa shape index (κ3) is 2.18. The summed E-state index contributed by atoms with van der Waals surface area (Å²) in [6.07, 6.45) is 1.78. The Morgan fingerprint density at radius 1 is 1.15 bits per heavy atom. The molecule has 0 amide bonds. The van der Waals surface area contributed by atoms with Crippen LogP contribution in [0.5, 0.6) is 5.88 Å². The fourth-order valence-corrected chi connectivity index (χ4v) is 2.04. The van der Waals surface area contributed by atoms with Crippen molar-refractivity contribution >= 4 is 16.7 Å². The molecule has 3 aromatic rings. The summed E-state index contributed by atoms with van der Waals surface area (Å²) in [5.41, 5.74) is 8.35. The Morgan fingerprint density at radius 2 is 1.95 bits per heavy atom. The molecule has 0 spiro atoms. The van der Waals surface area contributed by atoms with Gasteiger partial charge in [0.25, 0.3) is 0 Å². The Morgan fingerprint density at radius 3 is 2.75 bits per heavy atom. The molecule has 2 heterocycles. The van der Waals surface area contributed by atoms with Crippen molar-refractivity contribution in [1.29, 1.82) is 0 Å². The summed E-state index contributed by atoms with van der Waals surface area (Å²) in [6.45, 7) is 3.89. The van der Waals surface area contributed by atoms with E-state index in [0.29, 0.717) is 11.6 Å². The van der Waals surface area contributed by atoms with Gasteiger partial charge in [0.05, 0.1) is 22.8 Å². The summed E-state index contributed by atoms with van der Waals surface area (Å²) in [7, 11) is 0. The predicted octanol–water partition coefficient (Wildman–Crippen LogP) is 2.79. The summed E-state index contributed by atoms with van der Waals surface area (Å²) >= 11 is 0. The number of para-hydroxylation sites is 2. The SMILES string of the molecule is CC(C)Oc1nc(-n2cnc3ccccc32)ccc1N. The van der Waals surface area contributed by atoms with E-state index in [1.807, 2.05) is 48.7 Å². The molecule has 2 N–H and O–H groups in total. The molecule has 1 aromatic carbocycles. The largest absolute Gasteiger partial charge is 0.473 e. The highest BCUT2D eigenvalue weighted by Gasteiger charge is 2.10. The number of nitrogen functional groups attached to an aromatic ring is 1. The number of hydrogen-bond donors (Lipinski definition) is 1. The molecule has 5 nitrogen and oxygen atoms in total. The summed E-state index contributed by atoms with van der Waals surface area (Å²) in [6, 6.07) is 11.6. The van der Waals surface area contributed by atoms with Crippen LogP contribution in [-0.2, 0) is 0 Å². The summed E-state index contributed by atoms with van der Waals surface area (Å²) in [4.78, 5) is 8.84. The Bertz CT molecular complexity index is 748. The van der Waals surface area contributed by atoms with Crippen molar-refractivity contribution in [1.82, 2.24) is 14.5 Å². The van der Waals surface area contributed by atoms with Gasteiger partial charge in [-0.3, -0.25) is 4.57 Å². The Labute approximate surface area is 117 Å². The number of hydrogen-bond acceptors (Lipinski definition) is 4. The molecule has 20 heavy (non-hydrogen) atoms. The van der Waals surface area contributed by atoms with Gasteiger partial charge in [0.15, 0.2) is 0 Å². The Balaban J connectivity index is 2.10. The third-order valence-electron chi connectivity index (χ3n) is 2.92. The van der Waals surface area contributed by atoms with Crippen molar-refractivity contribution in [2.24, 2.45) is 0 Å². The minimum absolute atomic E-state index is 0.0274. The zero-order valence-electron chi connectivity index (χ0n) is 11.4. The molecule has 2 aromatic heterocycles. The predicted molar refractivity (Wildman–Crippen MR) is 79.0 cm³/mol. The number of benzene rings is 1. The normalized spacial score (nSPS) is 11.2. The first kappa shape index (κ1) is 12.5. The lowest BCUT2D eigenvalue weighted by atomic mass is 10.3. The highest BCUT2D eigenvalue weighted by molar-refractivity contribution is 5.76. The van der Waals surface area contributed by atoms with E-state index < -0.39 is 0 Å². The summed E-state index contributed by atoms with van der Waals surface area (Å²) < 4.78 is 7.54. The van der Waals surface area contributed by atoms with Crippen molar-refractivity contribution in [2.75, 3.05) is 5.73 Å². The van der Waals surface area contributed by atoms with Crippen LogP contribution >= 0.6 is 0 Å². The lowest BCUT2D eigenvalue weighted by Crippen LogP contribution is -2.10. The van der Waals surface area contributed by atoms with Crippen LogP contribution in [0.25, 0.3) is 16.9 Å². The van der Waals surface area contributed by atoms with Crippen molar-refractivity contribution in [3.63, 3.8) is 0 Å². The maximum atomic E-state index is 5.89. The second-order valence-corrected chi connectivity index (χ2v) is 4.83. The van der Waals surface area contributed by atoms with Crippen molar-refractivity contribution in [3.05, 3.63) is 42.7 Å². The zero-order chi connectivity index (χ0) is 14.1. The number of nitrogens with two attached hydrogens (primary N) is 1. The Kier molecular flexibility index (Phi) is 3.02. The molecule has 0 saturated heterocycles. The lowest BCUT2D eigenvalue weighted by Gasteiger charge is -2.12. The molecule has 0 aliphatic heterocycles. The molecular weight excluding hydrogens is 252 g/mol. The maximum absolute atomic E-state index is 5.89. The molecule has 5 heteroatoms. The minimum Gasteiger partial charge on any atom is -0.473 e. The van der Waals surface area contributed by atoms with E-state index in [0.717, 1.165) is 16.9 Å².